The summed E-state index contributed by atoms with van der Waals surface area (Å²) in [5.41, 5.74) is 2.01. The summed E-state index contributed by atoms with van der Waals surface area (Å²) in [5, 5.41) is 19.3. The standard InChI is InChI=1S/C14H13N5O2S3/c1-8-3-5-9(6-4-8)11-16-18-13(21-11)23-7-10(20)15-12-17-19-14(22-2)24-12/h3-6H,7H2,1-2H3,(H,15,17,20). The van der Waals surface area contributed by atoms with Crippen LogP contribution in [0.4, 0.5) is 5.13 Å². The van der Waals surface area contributed by atoms with E-state index in [0.717, 1.165) is 15.5 Å². The Kier molecular flexibility index (Phi) is 5.48. The average molecular weight is 379 g/mol. The van der Waals surface area contributed by atoms with Crippen LogP contribution in [0, 0.1) is 6.92 Å². The second-order valence-corrected chi connectivity index (χ2v) is 7.61. The molecule has 1 aromatic carbocycles. The number of hydrogen-bond acceptors (Lipinski definition) is 9. The second kappa shape index (κ2) is 7.77. The molecule has 3 aromatic rings. The minimum absolute atomic E-state index is 0.156. The SMILES string of the molecule is CSc1nnc(NC(=O)CSc2nnc(-c3ccc(C)cc3)o2)s1. The molecule has 0 fully saturated rings. The molecular formula is C14H13N5O2S3. The third-order valence-corrected chi connectivity index (χ3v) is 5.49. The summed E-state index contributed by atoms with van der Waals surface area (Å²) in [6, 6.07) is 7.79. The van der Waals surface area contributed by atoms with E-state index in [1.807, 2.05) is 37.4 Å². The maximum Gasteiger partial charge on any atom is 0.277 e. The van der Waals surface area contributed by atoms with E-state index in [-0.39, 0.29) is 11.7 Å². The number of nitrogens with zero attached hydrogens (tertiary/aromatic N) is 4. The number of thioether (sulfide) groups is 2. The summed E-state index contributed by atoms with van der Waals surface area (Å²) in [6.45, 7) is 2.01. The number of nitrogens with one attached hydrogen (secondary N) is 1. The lowest BCUT2D eigenvalue weighted by molar-refractivity contribution is -0.113. The average Bonchev–Trinajstić information content (AvgIpc) is 3.23. The third kappa shape index (κ3) is 4.34. The molecule has 2 aromatic heterocycles. The fourth-order valence-corrected chi connectivity index (χ4v) is 3.46. The quantitative estimate of drug-likeness (QED) is 0.515. The Labute approximate surface area is 150 Å². The van der Waals surface area contributed by atoms with Crippen LogP contribution in [0.1, 0.15) is 5.56 Å². The Morgan fingerprint density at radius 1 is 1.21 bits per heavy atom. The van der Waals surface area contributed by atoms with Gasteiger partial charge in [-0.25, -0.2) is 0 Å². The molecule has 0 saturated heterocycles. The number of aryl methyl sites for hydroxylation is 1. The van der Waals surface area contributed by atoms with Gasteiger partial charge in [0.15, 0.2) is 4.34 Å². The van der Waals surface area contributed by atoms with E-state index in [1.165, 1.54) is 34.9 Å². The summed E-state index contributed by atoms with van der Waals surface area (Å²) in [4.78, 5) is 11.9. The molecule has 1 N–H and O–H groups in total. The molecular weight excluding hydrogens is 366 g/mol. The van der Waals surface area contributed by atoms with Crippen LogP contribution >= 0.6 is 34.9 Å². The first-order chi connectivity index (χ1) is 11.6. The number of aromatic nitrogens is 4. The third-order valence-electron chi connectivity index (χ3n) is 2.86. The van der Waals surface area contributed by atoms with Crippen molar-refractivity contribution >= 4 is 45.9 Å². The number of rotatable bonds is 6. The van der Waals surface area contributed by atoms with Crippen molar-refractivity contribution in [3.05, 3.63) is 29.8 Å². The lowest BCUT2D eigenvalue weighted by Gasteiger charge is -1.98. The Balaban J connectivity index is 1.55. The van der Waals surface area contributed by atoms with Gasteiger partial charge < -0.3 is 4.42 Å². The van der Waals surface area contributed by atoms with Crippen LogP contribution in [0.15, 0.2) is 38.2 Å². The lowest BCUT2D eigenvalue weighted by atomic mass is 10.1. The first-order valence-electron chi connectivity index (χ1n) is 6.85. The summed E-state index contributed by atoms with van der Waals surface area (Å²) in [5.74, 6) is 0.398. The van der Waals surface area contributed by atoms with Crippen molar-refractivity contribution in [3.63, 3.8) is 0 Å². The highest BCUT2D eigenvalue weighted by atomic mass is 32.2. The molecule has 3 rings (SSSR count). The molecule has 0 radical (unpaired) electrons. The van der Waals surface area contributed by atoms with Crippen LogP contribution in [0.5, 0.6) is 0 Å². The van der Waals surface area contributed by atoms with Gasteiger partial charge in [-0.05, 0) is 25.3 Å². The maximum absolute atomic E-state index is 11.9. The Morgan fingerprint density at radius 3 is 2.71 bits per heavy atom. The maximum atomic E-state index is 11.9. The topological polar surface area (TPSA) is 93.8 Å². The van der Waals surface area contributed by atoms with Crippen LogP contribution < -0.4 is 5.32 Å². The van der Waals surface area contributed by atoms with Crippen molar-refractivity contribution in [3.8, 4) is 11.5 Å². The van der Waals surface area contributed by atoms with E-state index in [1.54, 1.807) is 0 Å². The fourth-order valence-electron chi connectivity index (χ4n) is 1.71. The summed E-state index contributed by atoms with van der Waals surface area (Å²) >= 11 is 3.99. The molecule has 0 aliphatic heterocycles. The van der Waals surface area contributed by atoms with E-state index in [2.05, 4.69) is 25.7 Å². The molecule has 0 saturated carbocycles. The first kappa shape index (κ1) is 16.9. The molecule has 24 heavy (non-hydrogen) atoms. The fraction of sp³-hybridized carbons (Fsp3) is 0.214. The van der Waals surface area contributed by atoms with E-state index in [4.69, 9.17) is 4.42 Å². The molecule has 0 unspecified atom stereocenters. The zero-order valence-electron chi connectivity index (χ0n) is 12.8. The van der Waals surface area contributed by atoms with Crippen molar-refractivity contribution in [1.29, 1.82) is 0 Å². The first-order valence-corrected chi connectivity index (χ1v) is 9.87. The van der Waals surface area contributed by atoms with Crippen LogP contribution in [0.2, 0.25) is 0 Å². The zero-order chi connectivity index (χ0) is 16.9. The van der Waals surface area contributed by atoms with Crippen molar-refractivity contribution in [2.45, 2.75) is 16.5 Å². The zero-order valence-corrected chi connectivity index (χ0v) is 15.3. The molecule has 124 valence electrons. The minimum atomic E-state index is -0.195. The van der Waals surface area contributed by atoms with E-state index < -0.39 is 0 Å². The highest BCUT2D eigenvalue weighted by Gasteiger charge is 2.12. The van der Waals surface area contributed by atoms with Gasteiger partial charge in [-0.2, -0.15) is 0 Å². The molecule has 0 spiro atoms. The van der Waals surface area contributed by atoms with Gasteiger partial charge in [0.2, 0.25) is 16.9 Å². The summed E-state index contributed by atoms with van der Waals surface area (Å²) in [6.07, 6.45) is 1.91. The number of carbonyl (C=O) groups excluding carboxylic acids is 1. The van der Waals surface area contributed by atoms with Crippen molar-refractivity contribution < 1.29 is 9.21 Å². The molecule has 0 bridgehead atoms. The van der Waals surface area contributed by atoms with E-state index in [9.17, 15) is 4.79 Å². The Hall–Kier alpha value is -1.91. The normalized spacial score (nSPS) is 10.8. The van der Waals surface area contributed by atoms with Gasteiger partial charge in [0.1, 0.15) is 0 Å². The molecule has 0 aliphatic rings. The van der Waals surface area contributed by atoms with Gasteiger partial charge in [0, 0.05) is 5.56 Å². The molecule has 2 heterocycles. The van der Waals surface area contributed by atoms with Crippen LogP contribution in [-0.4, -0.2) is 38.3 Å². The number of anilines is 1. The van der Waals surface area contributed by atoms with Gasteiger partial charge in [0.25, 0.3) is 5.22 Å². The van der Waals surface area contributed by atoms with Gasteiger partial charge in [0.05, 0.1) is 5.75 Å². The van der Waals surface area contributed by atoms with E-state index >= 15 is 0 Å². The Morgan fingerprint density at radius 2 is 2.00 bits per heavy atom. The molecule has 1 amide bonds. The van der Waals surface area contributed by atoms with Gasteiger partial charge >= 0.3 is 0 Å². The smallest absolute Gasteiger partial charge is 0.277 e. The number of hydrogen-bond donors (Lipinski definition) is 1. The second-order valence-electron chi connectivity index (χ2n) is 4.65. The van der Waals surface area contributed by atoms with Crippen molar-refractivity contribution in [2.24, 2.45) is 0 Å². The number of carbonyl (C=O) groups is 1. The summed E-state index contributed by atoms with van der Waals surface area (Å²) < 4.78 is 6.37. The van der Waals surface area contributed by atoms with Gasteiger partial charge in [-0.1, -0.05) is 52.6 Å². The predicted octanol–water partition coefficient (Wildman–Crippen LogP) is 3.35. The highest BCUT2D eigenvalue weighted by molar-refractivity contribution is 8.00. The lowest BCUT2D eigenvalue weighted by Crippen LogP contribution is -2.13. The summed E-state index contributed by atoms with van der Waals surface area (Å²) in [7, 11) is 0. The molecule has 0 atom stereocenters. The Bertz CT molecular complexity index is 831. The van der Waals surface area contributed by atoms with Crippen LogP contribution in [0.3, 0.4) is 0 Å². The largest absolute Gasteiger partial charge is 0.411 e. The molecule has 10 heteroatoms. The molecule has 7 nitrogen and oxygen atoms in total. The van der Waals surface area contributed by atoms with Crippen molar-refractivity contribution in [2.75, 3.05) is 17.3 Å². The highest BCUT2D eigenvalue weighted by Crippen LogP contribution is 2.25. The van der Waals surface area contributed by atoms with Crippen LogP contribution in [-0.2, 0) is 4.79 Å². The molecule has 0 aliphatic carbocycles. The minimum Gasteiger partial charge on any atom is -0.411 e. The predicted molar refractivity (Wildman–Crippen MR) is 95.5 cm³/mol. The monoisotopic (exact) mass is 379 g/mol. The van der Waals surface area contributed by atoms with Crippen molar-refractivity contribution in [1.82, 2.24) is 20.4 Å². The number of benzene rings is 1. The van der Waals surface area contributed by atoms with Crippen LogP contribution in [0.25, 0.3) is 11.5 Å². The number of amides is 1. The van der Waals surface area contributed by atoms with Gasteiger partial charge in [-0.3, -0.25) is 10.1 Å². The van der Waals surface area contributed by atoms with Gasteiger partial charge in [-0.15, -0.1) is 20.4 Å². The van der Waals surface area contributed by atoms with E-state index in [0.29, 0.717) is 16.2 Å².